The Kier molecular flexibility index (Phi) is 5.64. The van der Waals surface area contributed by atoms with Gasteiger partial charge in [-0.3, -0.25) is 4.79 Å². The third-order valence-corrected chi connectivity index (χ3v) is 5.51. The van der Waals surface area contributed by atoms with Gasteiger partial charge in [0, 0.05) is 12.1 Å². The van der Waals surface area contributed by atoms with E-state index in [0.29, 0.717) is 12.5 Å². The maximum Gasteiger partial charge on any atom is 0.239 e. The van der Waals surface area contributed by atoms with Crippen molar-refractivity contribution in [3.63, 3.8) is 0 Å². The van der Waals surface area contributed by atoms with Gasteiger partial charge in [0.2, 0.25) is 15.9 Å². The summed E-state index contributed by atoms with van der Waals surface area (Å²) < 4.78 is 31.0. The summed E-state index contributed by atoms with van der Waals surface area (Å²) in [5.41, 5.74) is 0.928. The first-order chi connectivity index (χ1) is 10.9. The second-order valence-electron chi connectivity index (χ2n) is 5.95. The number of methoxy groups -OCH3 is 1. The summed E-state index contributed by atoms with van der Waals surface area (Å²) in [7, 11) is -0.662. The highest BCUT2D eigenvalue weighted by Gasteiger charge is 2.34. The summed E-state index contributed by atoms with van der Waals surface area (Å²) in [6, 6.07) is 7.43. The monoisotopic (exact) mass is 340 g/mol. The fourth-order valence-electron chi connectivity index (χ4n) is 3.01. The Hall–Kier alpha value is -1.60. The molecule has 0 unspecified atom stereocenters. The number of ether oxygens (including phenoxy) is 1. The highest BCUT2D eigenvalue weighted by atomic mass is 32.2. The van der Waals surface area contributed by atoms with Gasteiger partial charge in [0.25, 0.3) is 0 Å². The van der Waals surface area contributed by atoms with Crippen LogP contribution in [0.5, 0.6) is 5.75 Å². The Morgan fingerprint density at radius 3 is 2.70 bits per heavy atom. The maximum atomic E-state index is 12.6. The van der Waals surface area contributed by atoms with Gasteiger partial charge in [-0.05, 0) is 31.9 Å². The third kappa shape index (κ3) is 4.23. The quantitative estimate of drug-likeness (QED) is 0.882. The van der Waals surface area contributed by atoms with Crippen molar-refractivity contribution >= 4 is 15.9 Å². The number of para-hydroxylation sites is 1. The zero-order chi connectivity index (χ0) is 17.0. The molecule has 1 N–H and O–H groups in total. The Morgan fingerprint density at radius 2 is 2.04 bits per heavy atom. The fraction of sp³-hybridized carbons (Fsp3) is 0.562. The van der Waals surface area contributed by atoms with Crippen molar-refractivity contribution in [2.45, 2.75) is 25.8 Å². The minimum Gasteiger partial charge on any atom is -0.496 e. The second-order valence-corrected chi connectivity index (χ2v) is 7.88. The molecule has 128 valence electrons. The average molecular weight is 340 g/mol. The smallest absolute Gasteiger partial charge is 0.239 e. The molecule has 1 aromatic carbocycles. The van der Waals surface area contributed by atoms with Crippen molar-refractivity contribution in [1.82, 2.24) is 9.62 Å². The van der Waals surface area contributed by atoms with Crippen LogP contribution in [0.25, 0.3) is 0 Å². The van der Waals surface area contributed by atoms with Gasteiger partial charge in [-0.15, -0.1) is 0 Å². The first-order valence-corrected chi connectivity index (χ1v) is 9.36. The minimum absolute atomic E-state index is 0.151. The van der Waals surface area contributed by atoms with Crippen LogP contribution in [0, 0.1) is 5.92 Å². The maximum absolute atomic E-state index is 12.6. The summed E-state index contributed by atoms with van der Waals surface area (Å²) in [6.07, 6.45) is 1.79. The molecule has 0 bridgehead atoms. The Morgan fingerprint density at radius 1 is 1.35 bits per heavy atom. The minimum atomic E-state index is -3.58. The largest absolute Gasteiger partial charge is 0.496 e. The Balaban J connectivity index is 2.31. The van der Waals surface area contributed by atoms with E-state index in [1.807, 2.05) is 24.3 Å². The molecule has 2 rings (SSSR count). The number of rotatable bonds is 5. The standard InChI is InChI=1S/C16H24N2O4S/c1-12-8-9-14(13-6-4-5-7-15(13)22-3)18(10-12)16(19)11-23(20,21)17-2/h4-7,12,14,17H,8-11H2,1-3H3/t12-,14+/m0/s1. The molecular weight excluding hydrogens is 316 g/mol. The van der Waals surface area contributed by atoms with Crippen LogP contribution in [-0.4, -0.2) is 45.7 Å². The van der Waals surface area contributed by atoms with Gasteiger partial charge in [-0.2, -0.15) is 0 Å². The average Bonchev–Trinajstić information content (AvgIpc) is 2.54. The molecule has 2 atom stereocenters. The van der Waals surface area contributed by atoms with Crippen molar-refractivity contribution in [1.29, 1.82) is 0 Å². The van der Waals surface area contributed by atoms with Gasteiger partial charge in [-0.1, -0.05) is 25.1 Å². The van der Waals surface area contributed by atoms with Crippen molar-refractivity contribution in [3.8, 4) is 5.75 Å². The number of nitrogens with zero attached hydrogens (tertiary/aromatic N) is 1. The van der Waals surface area contributed by atoms with E-state index in [2.05, 4.69) is 11.6 Å². The molecule has 1 aromatic rings. The molecule has 23 heavy (non-hydrogen) atoms. The van der Waals surface area contributed by atoms with Crippen LogP contribution < -0.4 is 9.46 Å². The number of benzene rings is 1. The number of piperidine rings is 1. The van der Waals surface area contributed by atoms with Crippen molar-refractivity contribution in [3.05, 3.63) is 29.8 Å². The van der Waals surface area contributed by atoms with E-state index in [4.69, 9.17) is 4.74 Å². The van der Waals surface area contributed by atoms with E-state index in [-0.39, 0.29) is 11.9 Å². The van der Waals surface area contributed by atoms with Gasteiger partial charge >= 0.3 is 0 Å². The fourth-order valence-corrected chi connectivity index (χ4v) is 3.65. The summed E-state index contributed by atoms with van der Waals surface area (Å²) in [5, 5.41) is 0. The predicted molar refractivity (Wildman–Crippen MR) is 88.7 cm³/mol. The van der Waals surface area contributed by atoms with Gasteiger partial charge in [0.15, 0.2) is 0 Å². The number of carbonyl (C=O) groups excluding carboxylic acids is 1. The molecule has 1 amide bonds. The number of hydrogen-bond acceptors (Lipinski definition) is 4. The molecule has 0 spiro atoms. The molecule has 1 aliphatic rings. The number of nitrogens with one attached hydrogen (secondary N) is 1. The van der Waals surface area contributed by atoms with Crippen LogP contribution in [0.2, 0.25) is 0 Å². The molecule has 7 heteroatoms. The zero-order valence-corrected chi connectivity index (χ0v) is 14.6. The number of carbonyl (C=O) groups is 1. The van der Waals surface area contributed by atoms with E-state index in [0.717, 1.165) is 24.2 Å². The third-order valence-electron chi connectivity index (χ3n) is 4.26. The van der Waals surface area contributed by atoms with Crippen molar-refractivity contribution in [2.75, 3.05) is 26.5 Å². The van der Waals surface area contributed by atoms with Gasteiger partial charge < -0.3 is 9.64 Å². The molecule has 0 aliphatic carbocycles. The van der Waals surface area contributed by atoms with Gasteiger partial charge in [-0.25, -0.2) is 13.1 Å². The van der Waals surface area contributed by atoms with Crippen LogP contribution >= 0.6 is 0 Å². The summed E-state index contributed by atoms with van der Waals surface area (Å²) in [6.45, 7) is 2.63. The molecule has 1 fully saturated rings. The van der Waals surface area contributed by atoms with Gasteiger partial charge in [0.1, 0.15) is 11.5 Å². The van der Waals surface area contributed by atoms with Crippen LogP contribution in [0.3, 0.4) is 0 Å². The van der Waals surface area contributed by atoms with Crippen LogP contribution in [0.4, 0.5) is 0 Å². The number of likely N-dealkylation sites (tertiary alicyclic amines) is 1. The molecular formula is C16H24N2O4S. The SMILES string of the molecule is CNS(=O)(=O)CC(=O)N1C[C@@H](C)CC[C@@H]1c1ccccc1OC. The van der Waals surface area contributed by atoms with Crippen LogP contribution in [0.15, 0.2) is 24.3 Å². The lowest BCUT2D eigenvalue weighted by molar-refractivity contribution is -0.133. The van der Waals surface area contributed by atoms with Gasteiger partial charge in [0.05, 0.1) is 13.2 Å². The highest BCUT2D eigenvalue weighted by molar-refractivity contribution is 7.90. The summed E-state index contributed by atoms with van der Waals surface area (Å²) in [4.78, 5) is 14.2. The van der Waals surface area contributed by atoms with E-state index in [1.165, 1.54) is 7.05 Å². The number of sulfonamides is 1. The lowest BCUT2D eigenvalue weighted by Crippen LogP contribution is -2.45. The lowest BCUT2D eigenvalue weighted by Gasteiger charge is -2.39. The normalized spacial score (nSPS) is 22.0. The zero-order valence-electron chi connectivity index (χ0n) is 13.8. The lowest BCUT2D eigenvalue weighted by atomic mass is 9.89. The Labute approximate surface area is 137 Å². The molecule has 0 radical (unpaired) electrons. The summed E-state index contributed by atoms with van der Waals surface area (Å²) in [5.74, 6) is 0.173. The van der Waals surface area contributed by atoms with Crippen molar-refractivity contribution in [2.24, 2.45) is 5.92 Å². The van der Waals surface area contributed by atoms with Crippen LogP contribution in [-0.2, 0) is 14.8 Å². The van der Waals surface area contributed by atoms with E-state index in [9.17, 15) is 13.2 Å². The second kappa shape index (κ2) is 7.31. The van der Waals surface area contributed by atoms with Crippen LogP contribution in [0.1, 0.15) is 31.4 Å². The van der Waals surface area contributed by atoms with Crippen molar-refractivity contribution < 1.29 is 17.9 Å². The molecule has 1 saturated heterocycles. The molecule has 0 saturated carbocycles. The molecule has 1 heterocycles. The first kappa shape index (κ1) is 17.7. The summed E-state index contributed by atoms with van der Waals surface area (Å²) >= 11 is 0. The van der Waals surface area contributed by atoms with E-state index < -0.39 is 15.8 Å². The molecule has 6 nitrogen and oxygen atoms in total. The van der Waals surface area contributed by atoms with E-state index in [1.54, 1.807) is 12.0 Å². The Bertz CT molecular complexity index is 660. The number of amides is 1. The molecule has 0 aromatic heterocycles. The molecule has 1 aliphatic heterocycles. The highest BCUT2D eigenvalue weighted by Crippen LogP contribution is 2.37. The topological polar surface area (TPSA) is 75.7 Å². The first-order valence-electron chi connectivity index (χ1n) is 7.71. The predicted octanol–water partition coefficient (Wildman–Crippen LogP) is 1.54. The number of hydrogen-bond donors (Lipinski definition) is 1. The van der Waals surface area contributed by atoms with E-state index >= 15 is 0 Å².